The third-order valence-electron chi connectivity index (χ3n) is 10.6. The van der Waals surface area contributed by atoms with E-state index in [0.29, 0.717) is 67.3 Å². The van der Waals surface area contributed by atoms with Gasteiger partial charge in [0, 0.05) is 17.1 Å². The molecule has 0 saturated heterocycles. The van der Waals surface area contributed by atoms with Gasteiger partial charge >= 0.3 is 0 Å². The van der Waals surface area contributed by atoms with Crippen molar-refractivity contribution >= 4 is 45.5 Å². The van der Waals surface area contributed by atoms with Gasteiger partial charge in [0.25, 0.3) is 0 Å². The van der Waals surface area contributed by atoms with Crippen LogP contribution < -0.4 is 31.1 Å². The van der Waals surface area contributed by atoms with Gasteiger partial charge in [0.2, 0.25) is 0 Å². The van der Waals surface area contributed by atoms with Gasteiger partial charge < -0.3 is 25.3 Å². The SMILES string of the molecule is Cc1cc(NN(c2cc(C)c(O)c(C)c2)N(c2cc(C)c(O)c(C)c2)N(Nc2ccc(N(c3ccccc3)c3ccccc3)cc2)c2cc(C)c(O)c(C)c2)cc(C)c1O. The van der Waals surface area contributed by atoms with Crippen LogP contribution in [0, 0.1) is 55.4 Å². The number of hydrogen-bond donors (Lipinski definition) is 6. The molecule has 60 heavy (non-hydrogen) atoms. The Hall–Kier alpha value is -7.46. The van der Waals surface area contributed by atoms with Crippen LogP contribution in [0.3, 0.4) is 0 Å². The quantitative estimate of drug-likeness (QED) is 0.0527. The monoisotopic (exact) mass is 800 g/mol. The second kappa shape index (κ2) is 16.8. The largest absolute Gasteiger partial charge is 0.507 e. The summed E-state index contributed by atoms with van der Waals surface area (Å²) in [5.41, 5.74) is 19.2. The van der Waals surface area contributed by atoms with Gasteiger partial charge in [-0.2, -0.15) is 15.4 Å². The normalized spacial score (nSPS) is 10.9. The Kier molecular flexibility index (Phi) is 11.4. The van der Waals surface area contributed by atoms with Crippen LogP contribution in [-0.4, -0.2) is 20.4 Å². The first-order chi connectivity index (χ1) is 28.7. The number of aryl methyl sites for hydroxylation is 8. The summed E-state index contributed by atoms with van der Waals surface area (Å²) >= 11 is 0. The minimum atomic E-state index is 0.187. The van der Waals surface area contributed by atoms with Crippen molar-refractivity contribution in [3.05, 3.63) is 178 Å². The number of phenolic OH excluding ortho intramolecular Hbond substituents is 4. The number of rotatable bonds is 12. The Labute approximate surface area is 352 Å². The fraction of sp³-hybridized carbons (Fsp3) is 0.160. The first-order valence-corrected chi connectivity index (χ1v) is 19.8. The molecule has 6 N–H and O–H groups in total. The Morgan fingerprint density at radius 3 is 0.983 bits per heavy atom. The predicted molar refractivity (Wildman–Crippen MR) is 246 cm³/mol. The van der Waals surface area contributed by atoms with Crippen molar-refractivity contribution in [2.45, 2.75) is 55.4 Å². The number of benzene rings is 7. The highest BCUT2D eigenvalue weighted by atomic mass is 16.3. The molecule has 0 amide bonds. The van der Waals surface area contributed by atoms with Crippen LogP contribution in [0.1, 0.15) is 44.5 Å². The number of nitrogens with one attached hydrogen (secondary N) is 2. The zero-order chi connectivity index (χ0) is 42.8. The summed E-state index contributed by atoms with van der Waals surface area (Å²) in [5, 5.41) is 49.5. The predicted octanol–water partition coefficient (Wildman–Crippen LogP) is 12.1. The molecular formula is C50H52N6O4. The molecule has 7 aromatic rings. The van der Waals surface area contributed by atoms with Crippen molar-refractivity contribution in [3.63, 3.8) is 0 Å². The van der Waals surface area contributed by atoms with Crippen LogP contribution in [-0.2, 0) is 0 Å². The first kappa shape index (κ1) is 40.7. The van der Waals surface area contributed by atoms with Crippen molar-refractivity contribution in [1.29, 1.82) is 0 Å². The van der Waals surface area contributed by atoms with Crippen LogP contribution >= 0.6 is 0 Å². The van der Waals surface area contributed by atoms with Gasteiger partial charge in [0.1, 0.15) is 23.0 Å². The summed E-state index contributed by atoms with van der Waals surface area (Å²) in [4.78, 5) is 2.20. The summed E-state index contributed by atoms with van der Waals surface area (Å²) in [6, 6.07) is 43.8. The summed E-state index contributed by atoms with van der Waals surface area (Å²) < 4.78 is 0. The van der Waals surface area contributed by atoms with E-state index in [1.165, 1.54) is 0 Å². The van der Waals surface area contributed by atoms with Crippen molar-refractivity contribution in [3.8, 4) is 23.0 Å². The van der Waals surface area contributed by atoms with E-state index in [9.17, 15) is 20.4 Å². The maximum Gasteiger partial charge on any atom is 0.121 e. The van der Waals surface area contributed by atoms with E-state index in [1.807, 2.05) is 168 Å². The molecule has 0 unspecified atom stereocenters. The van der Waals surface area contributed by atoms with Gasteiger partial charge in [-0.15, -0.1) is 0 Å². The van der Waals surface area contributed by atoms with Crippen molar-refractivity contribution in [2.75, 3.05) is 31.1 Å². The molecule has 0 aromatic heterocycles. The van der Waals surface area contributed by atoms with Gasteiger partial charge in [-0.1, -0.05) is 36.4 Å². The van der Waals surface area contributed by atoms with Crippen molar-refractivity contribution in [1.82, 2.24) is 0 Å². The molecule has 0 radical (unpaired) electrons. The van der Waals surface area contributed by atoms with E-state index in [4.69, 9.17) is 0 Å². The molecule has 0 bridgehead atoms. The molecule has 0 atom stereocenters. The molecule has 0 heterocycles. The Bertz CT molecular complexity index is 2520. The fourth-order valence-corrected chi connectivity index (χ4v) is 7.47. The van der Waals surface area contributed by atoms with Crippen molar-refractivity contribution in [2.24, 2.45) is 0 Å². The third-order valence-corrected chi connectivity index (χ3v) is 10.6. The van der Waals surface area contributed by atoms with E-state index in [0.717, 1.165) is 22.7 Å². The number of para-hydroxylation sites is 2. The van der Waals surface area contributed by atoms with Crippen LogP contribution in [0.25, 0.3) is 0 Å². The summed E-state index contributed by atoms with van der Waals surface area (Å²) in [5.74, 6) is 0.789. The van der Waals surface area contributed by atoms with E-state index in [2.05, 4.69) is 52.1 Å². The molecule has 0 aliphatic heterocycles. The standard InChI is InChI=1S/C50H52N6O4/c1-31-23-40(24-32(2)47(31)57)52-55(45-27-35(5)49(59)36(6)28-45)56(46-29-37(7)50(60)38(8)30-46)54(44-25-33(3)48(58)34(4)26-44)51-39-19-21-43(22-20-39)53(41-15-11-9-12-16-41)42-17-13-10-14-18-42/h9-30,51-52,57-60H,1-8H3. The lowest BCUT2D eigenvalue weighted by atomic mass is 10.1. The summed E-state index contributed by atoms with van der Waals surface area (Å²) in [7, 11) is 0. The van der Waals surface area contributed by atoms with Crippen LogP contribution in [0.2, 0.25) is 0 Å². The van der Waals surface area contributed by atoms with Gasteiger partial charge in [-0.05, 0) is 197 Å². The number of nitrogens with zero attached hydrogens (tertiary/aromatic N) is 4. The molecule has 306 valence electrons. The minimum absolute atomic E-state index is 0.187. The number of hydrogen-bond acceptors (Lipinski definition) is 10. The Morgan fingerprint density at radius 1 is 0.317 bits per heavy atom. The molecule has 7 aromatic carbocycles. The highest BCUT2D eigenvalue weighted by molar-refractivity contribution is 5.78. The zero-order valence-electron chi connectivity index (χ0n) is 35.3. The number of aromatic hydroxyl groups is 4. The second-order valence-corrected chi connectivity index (χ2v) is 15.4. The fourth-order valence-electron chi connectivity index (χ4n) is 7.47. The van der Waals surface area contributed by atoms with Crippen LogP contribution in [0.5, 0.6) is 23.0 Å². The molecule has 0 aliphatic carbocycles. The smallest absolute Gasteiger partial charge is 0.121 e. The minimum Gasteiger partial charge on any atom is -0.507 e. The van der Waals surface area contributed by atoms with E-state index in [-0.39, 0.29) is 23.0 Å². The average Bonchev–Trinajstić information content (AvgIpc) is 3.23. The molecule has 10 heteroatoms. The zero-order valence-corrected chi connectivity index (χ0v) is 35.3. The highest BCUT2D eigenvalue weighted by Crippen LogP contribution is 2.39. The molecule has 7 rings (SSSR count). The first-order valence-electron chi connectivity index (χ1n) is 19.8. The van der Waals surface area contributed by atoms with Crippen molar-refractivity contribution < 1.29 is 20.4 Å². The molecular weight excluding hydrogens is 749 g/mol. The van der Waals surface area contributed by atoms with E-state index < -0.39 is 0 Å². The highest BCUT2D eigenvalue weighted by Gasteiger charge is 2.29. The lowest BCUT2D eigenvalue weighted by molar-refractivity contribution is 0.466. The summed E-state index contributed by atoms with van der Waals surface area (Å²) in [6.07, 6.45) is 0. The lowest BCUT2D eigenvalue weighted by Gasteiger charge is -2.46. The van der Waals surface area contributed by atoms with Gasteiger partial charge in [0.15, 0.2) is 0 Å². The van der Waals surface area contributed by atoms with E-state index in [1.54, 1.807) is 0 Å². The number of anilines is 8. The maximum absolute atomic E-state index is 11.1. The lowest BCUT2D eigenvalue weighted by Crippen LogP contribution is -2.59. The topological polar surface area (TPSA) is 118 Å². The van der Waals surface area contributed by atoms with Gasteiger partial charge in [-0.25, -0.2) is 0 Å². The van der Waals surface area contributed by atoms with Gasteiger partial charge in [-0.3, -0.25) is 10.9 Å². The van der Waals surface area contributed by atoms with Crippen LogP contribution in [0.15, 0.2) is 133 Å². The molecule has 0 fully saturated rings. The van der Waals surface area contributed by atoms with Gasteiger partial charge in [0.05, 0.1) is 28.4 Å². The third kappa shape index (κ3) is 8.26. The molecule has 0 saturated carbocycles. The average molecular weight is 801 g/mol. The molecule has 10 nitrogen and oxygen atoms in total. The number of hydrazine groups is 4. The van der Waals surface area contributed by atoms with Crippen LogP contribution in [0.4, 0.5) is 45.5 Å². The maximum atomic E-state index is 11.1. The number of phenols is 4. The molecule has 0 aliphatic rings. The van der Waals surface area contributed by atoms with E-state index >= 15 is 0 Å². The second-order valence-electron chi connectivity index (χ2n) is 15.4. The molecule has 0 spiro atoms. The Morgan fingerprint density at radius 2 is 0.617 bits per heavy atom. The summed E-state index contributed by atoms with van der Waals surface area (Å²) in [6.45, 7) is 14.9. The Balaban J connectivity index is 1.45.